The van der Waals surface area contributed by atoms with E-state index in [0.29, 0.717) is 18.4 Å². The summed E-state index contributed by atoms with van der Waals surface area (Å²) in [6.45, 7) is 8.38. The number of esters is 1. The SMILES string of the molecule is CCCCC(CC)COCC(NCC)(C(=O)OC)C1CC1. The normalized spacial score (nSPS) is 19.0. The Balaban J connectivity index is 2.54. The van der Waals surface area contributed by atoms with Crippen molar-refractivity contribution in [2.45, 2.75) is 64.8 Å². The fourth-order valence-electron chi connectivity index (χ4n) is 2.97. The molecule has 0 heterocycles. The lowest BCUT2D eigenvalue weighted by atomic mass is 9.93. The third-order valence-corrected chi connectivity index (χ3v) is 4.54. The first-order valence-electron chi connectivity index (χ1n) is 8.55. The van der Waals surface area contributed by atoms with Crippen molar-refractivity contribution < 1.29 is 14.3 Å². The number of likely N-dealkylation sites (N-methyl/N-ethyl adjacent to an activating group) is 1. The second-order valence-corrected chi connectivity index (χ2v) is 6.20. The maximum Gasteiger partial charge on any atom is 0.328 e. The van der Waals surface area contributed by atoms with E-state index in [1.165, 1.54) is 26.4 Å². The van der Waals surface area contributed by atoms with E-state index in [2.05, 4.69) is 19.2 Å². The van der Waals surface area contributed by atoms with Crippen molar-refractivity contribution in [2.24, 2.45) is 11.8 Å². The maximum absolute atomic E-state index is 12.3. The Morgan fingerprint density at radius 2 is 2.05 bits per heavy atom. The van der Waals surface area contributed by atoms with Crippen LogP contribution in [0.1, 0.15) is 59.3 Å². The van der Waals surface area contributed by atoms with Crippen molar-refractivity contribution in [1.29, 1.82) is 0 Å². The van der Waals surface area contributed by atoms with Crippen LogP contribution < -0.4 is 5.32 Å². The van der Waals surface area contributed by atoms with Gasteiger partial charge in [0.1, 0.15) is 5.54 Å². The average Bonchev–Trinajstić information content (AvgIpc) is 3.33. The van der Waals surface area contributed by atoms with Crippen molar-refractivity contribution in [3.63, 3.8) is 0 Å². The van der Waals surface area contributed by atoms with Crippen LogP contribution in [0.15, 0.2) is 0 Å². The maximum atomic E-state index is 12.3. The molecular formula is C17H33NO3. The van der Waals surface area contributed by atoms with Crippen molar-refractivity contribution in [1.82, 2.24) is 5.32 Å². The smallest absolute Gasteiger partial charge is 0.328 e. The number of methoxy groups -OCH3 is 1. The van der Waals surface area contributed by atoms with Crippen LogP contribution in [0.5, 0.6) is 0 Å². The van der Waals surface area contributed by atoms with E-state index in [1.54, 1.807) is 0 Å². The Kier molecular flexibility index (Phi) is 8.27. The molecule has 1 rings (SSSR count). The highest BCUT2D eigenvalue weighted by atomic mass is 16.5. The topological polar surface area (TPSA) is 47.6 Å². The first kappa shape index (κ1) is 18.4. The first-order chi connectivity index (χ1) is 10.1. The van der Waals surface area contributed by atoms with Crippen LogP contribution in [-0.2, 0) is 14.3 Å². The van der Waals surface area contributed by atoms with E-state index in [1.807, 2.05) is 6.92 Å². The molecular weight excluding hydrogens is 266 g/mol. The number of rotatable bonds is 12. The Morgan fingerprint density at radius 3 is 2.52 bits per heavy atom. The van der Waals surface area contributed by atoms with Crippen LogP contribution in [0.3, 0.4) is 0 Å². The van der Waals surface area contributed by atoms with Gasteiger partial charge >= 0.3 is 5.97 Å². The number of nitrogens with one attached hydrogen (secondary N) is 1. The van der Waals surface area contributed by atoms with E-state index in [-0.39, 0.29) is 5.97 Å². The predicted octanol–water partition coefficient (Wildman–Crippen LogP) is 3.15. The third-order valence-electron chi connectivity index (χ3n) is 4.54. The minimum absolute atomic E-state index is 0.173. The van der Waals surface area contributed by atoms with Crippen molar-refractivity contribution in [2.75, 3.05) is 26.9 Å². The number of hydrogen-bond donors (Lipinski definition) is 1. The zero-order valence-electron chi connectivity index (χ0n) is 14.2. The molecule has 1 saturated carbocycles. The van der Waals surface area contributed by atoms with Gasteiger partial charge in [-0.15, -0.1) is 0 Å². The van der Waals surface area contributed by atoms with E-state index in [4.69, 9.17) is 9.47 Å². The van der Waals surface area contributed by atoms with Crippen LogP contribution in [-0.4, -0.2) is 38.4 Å². The van der Waals surface area contributed by atoms with Gasteiger partial charge < -0.3 is 9.47 Å². The molecule has 0 radical (unpaired) electrons. The summed E-state index contributed by atoms with van der Waals surface area (Å²) in [7, 11) is 1.47. The molecule has 0 bridgehead atoms. The molecule has 0 aromatic rings. The summed E-state index contributed by atoms with van der Waals surface area (Å²) in [6, 6.07) is 0. The molecule has 0 aromatic heterocycles. The zero-order chi connectivity index (χ0) is 15.7. The zero-order valence-corrected chi connectivity index (χ0v) is 14.2. The Labute approximate surface area is 130 Å². The highest BCUT2D eigenvalue weighted by molar-refractivity contribution is 5.82. The lowest BCUT2D eigenvalue weighted by molar-refractivity contribution is -0.153. The predicted molar refractivity (Wildman–Crippen MR) is 85.3 cm³/mol. The van der Waals surface area contributed by atoms with E-state index >= 15 is 0 Å². The van der Waals surface area contributed by atoms with Gasteiger partial charge in [0.15, 0.2) is 0 Å². The van der Waals surface area contributed by atoms with E-state index in [0.717, 1.165) is 32.4 Å². The van der Waals surface area contributed by atoms with Gasteiger partial charge in [0.25, 0.3) is 0 Å². The largest absolute Gasteiger partial charge is 0.468 e. The summed E-state index contributed by atoms with van der Waals surface area (Å²) in [5.41, 5.74) is -0.632. The number of ether oxygens (including phenoxy) is 2. The molecule has 1 aliphatic carbocycles. The molecule has 0 saturated heterocycles. The molecule has 0 aliphatic heterocycles. The highest BCUT2D eigenvalue weighted by Gasteiger charge is 2.51. The summed E-state index contributed by atoms with van der Waals surface area (Å²) in [5, 5.41) is 3.34. The van der Waals surface area contributed by atoms with Gasteiger partial charge in [-0.25, -0.2) is 4.79 Å². The summed E-state index contributed by atoms with van der Waals surface area (Å²) < 4.78 is 11.0. The van der Waals surface area contributed by atoms with Crippen LogP contribution >= 0.6 is 0 Å². The quantitative estimate of drug-likeness (QED) is 0.562. The van der Waals surface area contributed by atoms with Crippen molar-refractivity contribution in [3.05, 3.63) is 0 Å². The summed E-state index contributed by atoms with van der Waals surface area (Å²) in [6.07, 6.45) is 6.98. The molecule has 1 fully saturated rings. The minimum atomic E-state index is -0.632. The molecule has 0 aromatic carbocycles. The molecule has 21 heavy (non-hydrogen) atoms. The standard InChI is InChI=1S/C17H33NO3/c1-5-8-9-14(6-2)12-21-13-17(18-7-3,15-10-11-15)16(19)20-4/h14-15,18H,5-13H2,1-4H3. The molecule has 4 nitrogen and oxygen atoms in total. The fourth-order valence-corrected chi connectivity index (χ4v) is 2.97. The summed E-state index contributed by atoms with van der Waals surface area (Å²) in [5.74, 6) is 0.787. The van der Waals surface area contributed by atoms with E-state index in [9.17, 15) is 4.79 Å². The Bertz CT molecular complexity index is 304. The van der Waals surface area contributed by atoms with Crippen LogP contribution in [0.2, 0.25) is 0 Å². The van der Waals surface area contributed by atoms with Gasteiger partial charge in [-0.05, 0) is 37.6 Å². The fraction of sp³-hybridized carbons (Fsp3) is 0.941. The monoisotopic (exact) mass is 299 g/mol. The van der Waals surface area contributed by atoms with Gasteiger partial charge in [0, 0.05) is 6.61 Å². The summed E-state index contributed by atoms with van der Waals surface area (Å²) in [4.78, 5) is 12.3. The summed E-state index contributed by atoms with van der Waals surface area (Å²) >= 11 is 0. The molecule has 0 spiro atoms. The second kappa shape index (κ2) is 9.42. The lowest BCUT2D eigenvalue weighted by Crippen LogP contribution is -2.58. The first-order valence-corrected chi connectivity index (χ1v) is 8.55. The van der Waals surface area contributed by atoms with Crippen LogP contribution in [0.25, 0.3) is 0 Å². The Morgan fingerprint density at radius 1 is 1.33 bits per heavy atom. The average molecular weight is 299 g/mol. The second-order valence-electron chi connectivity index (χ2n) is 6.20. The van der Waals surface area contributed by atoms with Gasteiger partial charge in [-0.1, -0.05) is 40.0 Å². The van der Waals surface area contributed by atoms with Gasteiger partial charge in [0.2, 0.25) is 0 Å². The molecule has 4 heteroatoms. The molecule has 124 valence electrons. The van der Waals surface area contributed by atoms with Crippen molar-refractivity contribution >= 4 is 5.97 Å². The number of carbonyl (C=O) groups excluding carboxylic acids is 1. The van der Waals surface area contributed by atoms with E-state index < -0.39 is 5.54 Å². The number of unbranched alkanes of at least 4 members (excludes halogenated alkanes) is 1. The van der Waals surface area contributed by atoms with Crippen LogP contribution in [0, 0.1) is 11.8 Å². The van der Waals surface area contributed by atoms with Gasteiger partial charge in [-0.2, -0.15) is 0 Å². The minimum Gasteiger partial charge on any atom is -0.468 e. The molecule has 1 aliphatic rings. The number of carbonyl (C=O) groups is 1. The molecule has 2 atom stereocenters. The van der Waals surface area contributed by atoms with Crippen LogP contribution in [0.4, 0.5) is 0 Å². The van der Waals surface area contributed by atoms with Crippen molar-refractivity contribution in [3.8, 4) is 0 Å². The molecule has 2 unspecified atom stereocenters. The third kappa shape index (κ3) is 5.26. The lowest BCUT2D eigenvalue weighted by Gasteiger charge is -2.32. The molecule has 1 N–H and O–H groups in total. The van der Waals surface area contributed by atoms with Gasteiger partial charge in [-0.3, -0.25) is 5.32 Å². The highest BCUT2D eigenvalue weighted by Crippen LogP contribution is 2.40. The Hall–Kier alpha value is -0.610. The van der Waals surface area contributed by atoms with Gasteiger partial charge in [0.05, 0.1) is 13.7 Å². The number of hydrogen-bond acceptors (Lipinski definition) is 4. The molecule has 0 amide bonds.